The number of aliphatic imine (C=N–C) groups is 1. The molecular weight excluding hydrogens is 423 g/mol. The molecule has 1 N–H and O–H groups in total. The number of nitrogens with one attached hydrogen (secondary N) is 1. The Hall–Kier alpha value is -2.66. The SMILES string of the molecule is C=CCN(CCCCCN=C1C=CN(C)/C(=C(\C=C)c2cc(CC)ccc2F)N1)C(C)(C)CC. The molecule has 1 aliphatic rings. The molecule has 1 aromatic carbocycles. The summed E-state index contributed by atoms with van der Waals surface area (Å²) in [5.41, 5.74) is 2.57. The van der Waals surface area contributed by atoms with E-state index in [0.29, 0.717) is 5.56 Å². The molecule has 5 heteroatoms. The first-order chi connectivity index (χ1) is 16.3. The maximum atomic E-state index is 14.7. The molecule has 1 aromatic rings. The fourth-order valence-electron chi connectivity index (χ4n) is 4.00. The molecule has 186 valence electrons. The first-order valence-corrected chi connectivity index (χ1v) is 12.5. The highest BCUT2D eigenvalue weighted by atomic mass is 19.1. The van der Waals surface area contributed by atoms with Gasteiger partial charge in [-0.3, -0.25) is 9.89 Å². The smallest absolute Gasteiger partial charge is 0.131 e. The van der Waals surface area contributed by atoms with Crippen molar-refractivity contribution >= 4 is 11.4 Å². The van der Waals surface area contributed by atoms with E-state index in [1.54, 1.807) is 6.08 Å². The number of unbranched alkanes of at least 4 members (excludes halogenated alkanes) is 2. The Morgan fingerprint density at radius 3 is 2.62 bits per heavy atom. The first-order valence-electron chi connectivity index (χ1n) is 12.5. The fourth-order valence-corrected chi connectivity index (χ4v) is 4.00. The second kappa shape index (κ2) is 13.3. The van der Waals surface area contributed by atoms with Gasteiger partial charge in [-0.1, -0.05) is 45.1 Å². The van der Waals surface area contributed by atoms with Crippen LogP contribution >= 0.6 is 0 Å². The van der Waals surface area contributed by atoms with Crippen molar-refractivity contribution in [3.63, 3.8) is 0 Å². The van der Waals surface area contributed by atoms with Crippen LogP contribution in [0.25, 0.3) is 5.57 Å². The Bertz CT molecular complexity index is 926. The number of allylic oxidation sites excluding steroid dienone is 2. The Balaban J connectivity index is 2.02. The molecular formula is C29H43FN4. The van der Waals surface area contributed by atoms with E-state index in [4.69, 9.17) is 4.99 Å². The van der Waals surface area contributed by atoms with Crippen molar-refractivity contribution in [1.82, 2.24) is 15.1 Å². The normalized spacial score (nSPS) is 16.7. The van der Waals surface area contributed by atoms with E-state index >= 15 is 0 Å². The van der Waals surface area contributed by atoms with E-state index in [2.05, 4.69) is 51.1 Å². The molecule has 1 heterocycles. The fraction of sp³-hybridized carbons (Fsp3) is 0.483. The van der Waals surface area contributed by atoms with Gasteiger partial charge in [0.15, 0.2) is 0 Å². The topological polar surface area (TPSA) is 30.9 Å². The molecule has 0 aromatic heterocycles. The van der Waals surface area contributed by atoms with Crippen molar-refractivity contribution in [2.24, 2.45) is 4.99 Å². The predicted molar refractivity (Wildman–Crippen MR) is 145 cm³/mol. The van der Waals surface area contributed by atoms with Crippen molar-refractivity contribution < 1.29 is 4.39 Å². The maximum absolute atomic E-state index is 14.7. The number of hydrogen-bond acceptors (Lipinski definition) is 3. The minimum Gasteiger partial charge on any atom is -0.337 e. The lowest BCUT2D eigenvalue weighted by Gasteiger charge is -2.37. The molecule has 0 fully saturated rings. The third kappa shape index (κ3) is 7.42. The number of nitrogens with zero attached hydrogens (tertiary/aromatic N) is 3. The third-order valence-corrected chi connectivity index (χ3v) is 6.68. The molecule has 0 radical (unpaired) electrons. The second-order valence-corrected chi connectivity index (χ2v) is 9.41. The number of benzene rings is 1. The van der Waals surface area contributed by atoms with Crippen molar-refractivity contribution in [3.8, 4) is 0 Å². The number of halogens is 1. The zero-order valence-electron chi connectivity index (χ0n) is 21.8. The van der Waals surface area contributed by atoms with Gasteiger partial charge in [-0.15, -0.1) is 6.58 Å². The summed E-state index contributed by atoms with van der Waals surface area (Å²) in [6, 6.07) is 5.26. The predicted octanol–water partition coefficient (Wildman–Crippen LogP) is 6.54. The number of aryl methyl sites for hydroxylation is 1. The van der Waals surface area contributed by atoms with Crippen molar-refractivity contribution in [3.05, 3.63) is 78.6 Å². The summed E-state index contributed by atoms with van der Waals surface area (Å²) >= 11 is 0. The van der Waals surface area contributed by atoms with E-state index in [0.717, 1.165) is 74.5 Å². The minimum atomic E-state index is -0.250. The van der Waals surface area contributed by atoms with Crippen LogP contribution < -0.4 is 5.32 Å². The lowest BCUT2D eigenvalue weighted by atomic mass is 9.98. The molecule has 0 spiro atoms. The van der Waals surface area contributed by atoms with Crippen molar-refractivity contribution in [2.75, 3.05) is 26.7 Å². The summed E-state index contributed by atoms with van der Waals surface area (Å²) < 4.78 is 14.7. The zero-order chi connectivity index (χ0) is 25.1. The summed E-state index contributed by atoms with van der Waals surface area (Å²) in [4.78, 5) is 9.20. The molecule has 1 aliphatic heterocycles. The summed E-state index contributed by atoms with van der Waals surface area (Å²) in [7, 11) is 1.94. The van der Waals surface area contributed by atoms with Gasteiger partial charge in [0.05, 0.1) is 0 Å². The van der Waals surface area contributed by atoms with Crippen LogP contribution in [0.5, 0.6) is 0 Å². The van der Waals surface area contributed by atoms with E-state index in [-0.39, 0.29) is 11.4 Å². The summed E-state index contributed by atoms with van der Waals surface area (Å²) in [5, 5.41) is 3.38. The first kappa shape index (κ1) is 27.6. The van der Waals surface area contributed by atoms with Crippen LogP contribution in [0, 0.1) is 5.82 Å². The van der Waals surface area contributed by atoms with Crippen molar-refractivity contribution in [1.29, 1.82) is 0 Å². The number of rotatable bonds is 13. The quantitative estimate of drug-likeness (QED) is 0.265. The van der Waals surface area contributed by atoms with Gasteiger partial charge in [0.25, 0.3) is 0 Å². The average molecular weight is 467 g/mol. The Kier molecular flexibility index (Phi) is 10.8. The standard InChI is InChI=1S/C29H43FN4/c1-8-19-34(29(5,6)11-4)20-14-12-13-18-31-27-17-21-33(7)28(32-27)24(10-3)25-22-23(9-2)15-16-26(25)30/h8,10,15-17,21-22H,1,3,9,11-14,18-20H2,2,4-7H3,(H,31,32)/b28-24+. The zero-order valence-corrected chi connectivity index (χ0v) is 21.8. The van der Waals surface area contributed by atoms with Gasteiger partial charge in [0, 0.05) is 43.0 Å². The summed E-state index contributed by atoms with van der Waals surface area (Å²) in [6.07, 6.45) is 12.9. The number of hydrogen-bond donors (Lipinski definition) is 1. The maximum Gasteiger partial charge on any atom is 0.131 e. The second-order valence-electron chi connectivity index (χ2n) is 9.41. The highest BCUT2D eigenvalue weighted by Gasteiger charge is 2.23. The van der Waals surface area contributed by atoms with E-state index in [1.807, 2.05) is 42.4 Å². The highest BCUT2D eigenvalue weighted by molar-refractivity contribution is 5.96. The third-order valence-electron chi connectivity index (χ3n) is 6.68. The van der Waals surface area contributed by atoms with Crippen LogP contribution in [0.1, 0.15) is 64.5 Å². The van der Waals surface area contributed by atoms with Crippen LogP contribution in [0.3, 0.4) is 0 Å². The molecule has 0 unspecified atom stereocenters. The van der Waals surface area contributed by atoms with Gasteiger partial charge in [0.2, 0.25) is 0 Å². The van der Waals surface area contributed by atoms with Crippen LogP contribution in [-0.2, 0) is 6.42 Å². The van der Waals surface area contributed by atoms with Crippen LogP contribution in [0.4, 0.5) is 4.39 Å². The monoisotopic (exact) mass is 466 g/mol. The number of amidine groups is 1. The van der Waals surface area contributed by atoms with Gasteiger partial charge in [0.1, 0.15) is 17.5 Å². The summed E-state index contributed by atoms with van der Waals surface area (Å²) in [6.45, 7) is 19.5. The van der Waals surface area contributed by atoms with E-state index in [1.165, 1.54) is 6.07 Å². The lowest BCUT2D eigenvalue weighted by molar-refractivity contribution is 0.129. The Morgan fingerprint density at radius 2 is 1.97 bits per heavy atom. The molecule has 34 heavy (non-hydrogen) atoms. The lowest BCUT2D eigenvalue weighted by Crippen LogP contribution is -2.44. The molecule has 0 aliphatic carbocycles. The Labute approximate surface area is 206 Å². The van der Waals surface area contributed by atoms with Crippen molar-refractivity contribution in [2.45, 2.75) is 65.3 Å². The van der Waals surface area contributed by atoms with E-state index in [9.17, 15) is 4.39 Å². The van der Waals surface area contributed by atoms with E-state index < -0.39 is 0 Å². The molecule has 0 atom stereocenters. The van der Waals surface area contributed by atoms with Crippen LogP contribution in [-0.4, -0.2) is 47.9 Å². The van der Waals surface area contributed by atoms with Gasteiger partial charge in [-0.05, 0) is 69.8 Å². The molecule has 0 saturated heterocycles. The molecule has 0 amide bonds. The average Bonchev–Trinajstić information content (AvgIpc) is 2.83. The summed E-state index contributed by atoms with van der Waals surface area (Å²) in [5.74, 6) is 1.32. The van der Waals surface area contributed by atoms with Gasteiger partial charge >= 0.3 is 0 Å². The Morgan fingerprint density at radius 1 is 1.21 bits per heavy atom. The van der Waals surface area contributed by atoms with Gasteiger partial charge in [-0.25, -0.2) is 4.39 Å². The molecule has 0 bridgehead atoms. The molecule has 2 rings (SSSR count). The highest BCUT2D eigenvalue weighted by Crippen LogP contribution is 2.26. The van der Waals surface area contributed by atoms with Crippen LogP contribution in [0.2, 0.25) is 0 Å². The molecule has 0 saturated carbocycles. The molecule has 4 nitrogen and oxygen atoms in total. The van der Waals surface area contributed by atoms with Gasteiger partial charge in [-0.2, -0.15) is 0 Å². The largest absolute Gasteiger partial charge is 0.337 e. The minimum absolute atomic E-state index is 0.193. The van der Waals surface area contributed by atoms with Gasteiger partial charge < -0.3 is 10.2 Å². The van der Waals surface area contributed by atoms with Crippen LogP contribution in [0.15, 0.2) is 66.6 Å².